The molecule has 2 aromatic rings. The van der Waals surface area contributed by atoms with E-state index in [-0.39, 0.29) is 12.7 Å². The van der Waals surface area contributed by atoms with Gasteiger partial charge in [0.15, 0.2) is 11.5 Å². The lowest BCUT2D eigenvalue weighted by atomic mass is 10.1. The van der Waals surface area contributed by atoms with E-state index in [9.17, 15) is 4.79 Å². The van der Waals surface area contributed by atoms with Gasteiger partial charge in [-0.2, -0.15) is 0 Å². The average molecular weight is 304 g/mol. The summed E-state index contributed by atoms with van der Waals surface area (Å²) in [4.78, 5) is 11.9. The van der Waals surface area contributed by atoms with Crippen molar-refractivity contribution in [1.82, 2.24) is 5.32 Å². The predicted octanol–water partition coefficient (Wildman–Crippen LogP) is 2.93. The zero-order chi connectivity index (χ0) is 14.7. The Balaban J connectivity index is 1.55. The van der Waals surface area contributed by atoms with Crippen molar-refractivity contribution in [1.29, 1.82) is 0 Å². The average Bonchev–Trinajstić information content (AvgIpc) is 2.94. The fourth-order valence-electron chi connectivity index (χ4n) is 2.10. The van der Waals surface area contributed by atoms with Crippen molar-refractivity contribution < 1.29 is 14.3 Å². The predicted molar refractivity (Wildman–Crippen MR) is 79.6 cm³/mol. The Hall–Kier alpha value is -2.20. The van der Waals surface area contributed by atoms with Crippen LogP contribution in [0.25, 0.3) is 0 Å². The highest BCUT2D eigenvalue weighted by Crippen LogP contribution is 2.32. The van der Waals surface area contributed by atoms with Crippen molar-refractivity contribution in [2.45, 2.75) is 13.0 Å². The Kier molecular flexibility index (Phi) is 3.97. The molecule has 4 nitrogen and oxygen atoms in total. The van der Waals surface area contributed by atoms with Crippen molar-refractivity contribution in [3.05, 3.63) is 58.6 Å². The third-order valence-electron chi connectivity index (χ3n) is 3.20. The fraction of sp³-hybridized carbons (Fsp3) is 0.188. The molecular weight excluding hydrogens is 290 g/mol. The smallest absolute Gasteiger partial charge is 0.231 e. The number of hydrogen-bond donors (Lipinski definition) is 1. The molecule has 3 rings (SSSR count). The number of carbonyl (C=O) groups excluding carboxylic acids is 1. The summed E-state index contributed by atoms with van der Waals surface area (Å²) < 4.78 is 10.5. The van der Waals surface area contributed by atoms with Gasteiger partial charge in [0.2, 0.25) is 12.7 Å². The molecule has 0 radical (unpaired) electrons. The second-order valence-corrected chi connectivity index (χ2v) is 5.20. The van der Waals surface area contributed by atoms with Crippen molar-refractivity contribution in [3.63, 3.8) is 0 Å². The van der Waals surface area contributed by atoms with Crippen LogP contribution in [0, 0.1) is 0 Å². The van der Waals surface area contributed by atoms with Gasteiger partial charge in [0, 0.05) is 11.6 Å². The first-order valence-corrected chi connectivity index (χ1v) is 6.98. The first kappa shape index (κ1) is 13.8. The number of ether oxygens (including phenoxy) is 2. The highest BCUT2D eigenvalue weighted by molar-refractivity contribution is 6.30. The van der Waals surface area contributed by atoms with E-state index in [1.54, 1.807) is 12.1 Å². The number of hydrogen-bond acceptors (Lipinski definition) is 3. The van der Waals surface area contributed by atoms with E-state index in [0.29, 0.717) is 23.7 Å². The van der Waals surface area contributed by atoms with Gasteiger partial charge in [-0.15, -0.1) is 0 Å². The van der Waals surface area contributed by atoms with Crippen molar-refractivity contribution in [3.8, 4) is 11.5 Å². The van der Waals surface area contributed by atoms with Crippen LogP contribution in [-0.4, -0.2) is 12.7 Å². The first-order chi connectivity index (χ1) is 10.2. The number of benzene rings is 2. The molecule has 0 atom stereocenters. The van der Waals surface area contributed by atoms with E-state index in [1.165, 1.54) is 0 Å². The molecular formula is C16H14ClNO3. The molecule has 1 aliphatic rings. The lowest BCUT2D eigenvalue weighted by Crippen LogP contribution is -2.24. The Morgan fingerprint density at radius 2 is 1.76 bits per heavy atom. The zero-order valence-corrected chi connectivity index (χ0v) is 12.0. The van der Waals surface area contributed by atoms with Crippen LogP contribution in [0.4, 0.5) is 0 Å². The molecule has 1 amide bonds. The van der Waals surface area contributed by atoms with Gasteiger partial charge >= 0.3 is 0 Å². The lowest BCUT2D eigenvalue weighted by molar-refractivity contribution is -0.120. The number of halogens is 1. The SMILES string of the molecule is O=C(Cc1ccc2c(c1)OCO2)NCc1ccc(Cl)cc1. The summed E-state index contributed by atoms with van der Waals surface area (Å²) >= 11 is 5.82. The minimum Gasteiger partial charge on any atom is -0.454 e. The van der Waals surface area contributed by atoms with Crippen LogP contribution in [0.15, 0.2) is 42.5 Å². The molecule has 0 aliphatic carbocycles. The van der Waals surface area contributed by atoms with E-state index in [1.807, 2.05) is 30.3 Å². The molecule has 0 aromatic heterocycles. The number of nitrogens with one attached hydrogen (secondary N) is 1. The molecule has 1 N–H and O–H groups in total. The van der Waals surface area contributed by atoms with Crippen molar-refractivity contribution in [2.75, 3.05) is 6.79 Å². The standard InChI is InChI=1S/C16H14ClNO3/c17-13-4-1-11(2-5-13)9-18-16(19)8-12-3-6-14-15(7-12)21-10-20-14/h1-7H,8-10H2,(H,18,19). The monoisotopic (exact) mass is 303 g/mol. The fourth-order valence-corrected chi connectivity index (χ4v) is 2.23. The minimum absolute atomic E-state index is 0.0381. The van der Waals surface area contributed by atoms with Gasteiger partial charge in [-0.1, -0.05) is 29.8 Å². The molecule has 5 heteroatoms. The Morgan fingerprint density at radius 3 is 2.57 bits per heavy atom. The molecule has 0 saturated heterocycles. The summed E-state index contributed by atoms with van der Waals surface area (Å²) in [6.07, 6.45) is 0.310. The van der Waals surface area contributed by atoms with E-state index >= 15 is 0 Å². The Bertz CT molecular complexity index is 655. The summed E-state index contributed by atoms with van der Waals surface area (Å²) in [5.41, 5.74) is 1.91. The quantitative estimate of drug-likeness (QED) is 0.944. The van der Waals surface area contributed by atoms with Gasteiger partial charge in [-0.3, -0.25) is 4.79 Å². The van der Waals surface area contributed by atoms with Crippen LogP contribution in [0.1, 0.15) is 11.1 Å². The van der Waals surface area contributed by atoms with Crippen LogP contribution in [0.5, 0.6) is 11.5 Å². The molecule has 108 valence electrons. The second kappa shape index (κ2) is 6.06. The highest BCUT2D eigenvalue weighted by Gasteiger charge is 2.14. The van der Waals surface area contributed by atoms with E-state index in [4.69, 9.17) is 21.1 Å². The Labute approximate surface area is 127 Å². The van der Waals surface area contributed by atoms with E-state index in [2.05, 4.69) is 5.32 Å². The molecule has 1 aliphatic heterocycles. The van der Waals surface area contributed by atoms with E-state index in [0.717, 1.165) is 16.9 Å². The molecule has 0 spiro atoms. The summed E-state index contributed by atoms with van der Waals surface area (Å²) in [6.45, 7) is 0.724. The van der Waals surface area contributed by atoms with Gasteiger partial charge in [-0.25, -0.2) is 0 Å². The number of amides is 1. The maximum absolute atomic E-state index is 11.9. The van der Waals surface area contributed by atoms with Crippen molar-refractivity contribution in [2.24, 2.45) is 0 Å². The van der Waals surface area contributed by atoms with Crippen LogP contribution in [0.3, 0.4) is 0 Å². The number of rotatable bonds is 4. The maximum atomic E-state index is 11.9. The largest absolute Gasteiger partial charge is 0.454 e. The second-order valence-electron chi connectivity index (χ2n) is 4.77. The summed E-state index contributed by atoms with van der Waals surface area (Å²) in [5.74, 6) is 1.38. The van der Waals surface area contributed by atoms with Crippen LogP contribution < -0.4 is 14.8 Å². The van der Waals surface area contributed by atoms with Crippen molar-refractivity contribution >= 4 is 17.5 Å². The van der Waals surface area contributed by atoms with Gasteiger partial charge < -0.3 is 14.8 Å². The lowest BCUT2D eigenvalue weighted by Gasteiger charge is -2.06. The molecule has 0 bridgehead atoms. The van der Waals surface area contributed by atoms with Crippen LogP contribution in [0.2, 0.25) is 5.02 Å². The molecule has 0 fully saturated rings. The van der Waals surface area contributed by atoms with Gasteiger partial charge in [-0.05, 0) is 35.4 Å². The summed E-state index contributed by atoms with van der Waals surface area (Å²) in [7, 11) is 0. The van der Waals surface area contributed by atoms with Crippen LogP contribution >= 0.6 is 11.6 Å². The normalized spacial score (nSPS) is 12.2. The minimum atomic E-state index is -0.0381. The van der Waals surface area contributed by atoms with Crippen LogP contribution in [-0.2, 0) is 17.8 Å². The molecule has 0 unspecified atom stereocenters. The topological polar surface area (TPSA) is 47.6 Å². The first-order valence-electron chi connectivity index (χ1n) is 6.60. The molecule has 0 saturated carbocycles. The third-order valence-corrected chi connectivity index (χ3v) is 3.46. The summed E-state index contributed by atoms with van der Waals surface area (Å²) in [5, 5.41) is 3.57. The summed E-state index contributed by atoms with van der Waals surface area (Å²) in [6, 6.07) is 12.9. The van der Waals surface area contributed by atoms with Gasteiger partial charge in [0.1, 0.15) is 0 Å². The third kappa shape index (κ3) is 3.47. The number of carbonyl (C=O) groups is 1. The molecule has 1 heterocycles. The van der Waals surface area contributed by atoms with E-state index < -0.39 is 0 Å². The molecule has 21 heavy (non-hydrogen) atoms. The number of fused-ring (bicyclic) bond motifs is 1. The van der Waals surface area contributed by atoms with Gasteiger partial charge in [0.05, 0.1) is 6.42 Å². The highest BCUT2D eigenvalue weighted by atomic mass is 35.5. The molecule has 2 aromatic carbocycles. The van der Waals surface area contributed by atoms with Gasteiger partial charge in [0.25, 0.3) is 0 Å². The zero-order valence-electron chi connectivity index (χ0n) is 11.3. The maximum Gasteiger partial charge on any atom is 0.231 e. The Morgan fingerprint density at radius 1 is 1.05 bits per heavy atom.